The van der Waals surface area contributed by atoms with Gasteiger partial charge in [-0.25, -0.2) is 5.43 Å². The fraction of sp³-hybridized carbons (Fsp3) is 0.462. The summed E-state index contributed by atoms with van der Waals surface area (Å²) in [6, 6.07) is 10.9. The van der Waals surface area contributed by atoms with Crippen molar-refractivity contribution in [3.8, 4) is 0 Å². The molecule has 0 aliphatic heterocycles. The van der Waals surface area contributed by atoms with Crippen molar-refractivity contribution >= 4 is 5.91 Å². The maximum absolute atomic E-state index is 10.9. The van der Waals surface area contributed by atoms with Crippen molar-refractivity contribution in [1.82, 2.24) is 10.9 Å². The Balaban J connectivity index is 2.01. The minimum absolute atomic E-state index is 0.0290. The van der Waals surface area contributed by atoms with Gasteiger partial charge in [0.05, 0.1) is 0 Å². The van der Waals surface area contributed by atoms with E-state index in [4.69, 9.17) is 0 Å². The smallest absolute Gasteiger partial charge is 0.230 e. The molecule has 2 rings (SSSR count). The zero-order valence-electron chi connectivity index (χ0n) is 9.57. The van der Waals surface area contributed by atoms with E-state index in [-0.39, 0.29) is 5.91 Å². The highest BCUT2D eigenvalue weighted by Gasteiger charge is 2.28. The van der Waals surface area contributed by atoms with Crippen LogP contribution < -0.4 is 10.9 Å². The van der Waals surface area contributed by atoms with Crippen LogP contribution in [0.25, 0.3) is 0 Å². The first kappa shape index (κ1) is 11.1. The highest BCUT2D eigenvalue weighted by atomic mass is 16.2. The van der Waals surface area contributed by atoms with Crippen LogP contribution in [0.4, 0.5) is 0 Å². The SMILES string of the molecule is CC(=O)NN[C@@H]1CCC[C@@H]1c1ccccc1. The van der Waals surface area contributed by atoms with Crippen LogP contribution in [0.1, 0.15) is 37.7 Å². The zero-order chi connectivity index (χ0) is 11.4. The molecule has 86 valence electrons. The molecule has 16 heavy (non-hydrogen) atoms. The molecule has 0 aromatic heterocycles. The molecule has 0 unspecified atom stereocenters. The summed E-state index contributed by atoms with van der Waals surface area (Å²) in [5.74, 6) is 0.492. The summed E-state index contributed by atoms with van der Waals surface area (Å²) in [6.45, 7) is 1.53. The third-order valence-corrected chi connectivity index (χ3v) is 3.18. The van der Waals surface area contributed by atoms with Gasteiger partial charge in [-0.1, -0.05) is 36.8 Å². The number of hydrazine groups is 1. The van der Waals surface area contributed by atoms with Gasteiger partial charge in [0.2, 0.25) is 5.91 Å². The number of hydrogen-bond donors (Lipinski definition) is 2. The molecule has 1 fully saturated rings. The Labute approximate surface area is 96.2 Å². The van der Waals surface area contributed by atoms with Gasteiger partial charge in [-0.2, -0.15) is 0 Å². The Morgan fingerprint density at radius 2 is 2.00 bits per heavy atom. The molecule has 1 aliphatic carbocycles. The lowest BCUT2D eigenvalue weighted by Crippen LogP contribution is -2.44. The number of hydrogen-bond acceptors (Lipinski definition) is 2. The molecular formula is C13H18N2O. The molecule has 0 spiro atoms. The average Bonchev–Trinajstić information content (AvgIpc) is 2.75. The van der Waals surface area contributed by atoms with Crippen molar-refractivity contribution < 1.29 is 4.79 Å². The minimum atomic E-state index is -0.0290. The van der Waals surface area contributed by atoms with Gasteiger partial charge in [-0.05, 0) is 18.4 Å². The molecule has 0 radical (unpaired) electrons. The standard InChI is InChI=1S/C13H18N2O/c1-10(16)14-15-13-9-5-8-12(13)11-6-3-2-4-7-11/h2-4,6-7,12-13,15H,5,8-9H2,1H3,(H,14,16)/t12-,13-/m1/s1. The Hall–Kier alpha value is -1.35. The second kappa shape index (κ2) is 5.12. The summed E-state index contributed by atoms with van der Waals surface area (Å²) in [5.41, 5.74) is 7.19. The van der Waals surface area contributed by atoms with Gasteiger partial charge in [0.25, 0.3) is 0 Å². The number of amides is 1. The Morgan fingerprint density at radius 1 is 1.25 bits per heavy atom. The predicted octanol–water partition coefficient (Wildman–Crippen LogP) is 1.96. The van der Waals surface area contributed by atoms with Crippen LogP contribution in [0.15, 0.2) is 30.3 Å². The number of nitrogens with one attached hydrogen (secondary N) is 2. The van der Waals surface area contributed by atoms with Crippen LogP contribution in [0.2, 0.25) is 0 Å². The van der Waals surface area contributed by atoms with Crippen LogP contribution in [-0.2, 0) is 4.79 Å². The second-order valence-electron chi connectivity index (χ2n) is 4.38. The first-order valence-electron chi connectivity index (χ1n) is 5.84. The molecule has 0 bridgehead atoms. The van der Waals surface area contributed by atoms with E-state index in [1.807, 2.05) is 6.07 Å². The number of benzene rings is 1. The summed E-state index contributed by atoms with van der Waals surface area (Å²) >= 11 is 0. The molecule has 0 saturated heterocycles. The average molecular weight is 218 g/mol. The van der Waals surface area contributed by atoms with E-state index in [9.17, 15) is 4.79 Å². The second-order valence-corrected chi connectivity index (χ2v) is 4.38. The Bertz CT molecular complexity index is 350. The fourth-order valence-corrected chi connectivity index (χ4v) is 2.43. The summed E-state index contributed by atoms with van der Waals surface area (Å²) in [6.07, 6.45) is 3.54. The molecule has 1 aliphatic rings. The van der Waals surface area contributed by atoms with Gasteiger partial charge in [0.15, 0.2) is 0 Å². The van der Waals surface area contributed by atoms with E-state index in [0.717, 1.165) is 6.42 Å². The van der Waals surface area contributed by atoms with Gasteiger partial charge in [-0.15, -0.1) is 0 Å². The van der Waals surface area contributed by atoms with Crippen LogP contribution in [-0.4, -0.2) is 11.9 Å². The van der Waals surface area contributed by atoms with E-state index in [0.29, 0.717) is 12.0 Å². The molecule has 2 N–H and O–H groups in total. The number of rotatable bonds is 3. The third kappa shape index (κ3) is 2.61. The quantitative estimate of drug-likeness (QED) is 0.761. The molecule has 1 saturated carbocycles. The van der Waals surface area contributed by atoms with E-state index < -0.39 is 0 Å². The lowest BCUT2D eigenvalue weighted by atomic mass is 9.94. The van der Waals surface area contributed by atoms with Crippen molar-refractivity contribution in [3.63, 3.8) is 0 Å². The topological polar surface area (TPSA) is 41.1 Å². The number of carbonyl (C=O) groups is 1. The number of carbonyl (C=O) groups excluding carboxylic acids is 1. The molecule has 1 aromatic carbocycles. The maximum Gasteiger partial charge on any atom is 0.230 e. The zero-order valence-corrected chi connectivity index (χ0v) is 9.57. The highest BCUT2D eigenvalue weighted by Crippen LogP contribution is 2.34. The lowest BCUT2D eigenvalue weighted by molar-refractivity contribution is -0.120. The third-order valence-electron chi connectivity index (χ3n) is 3.18. The van der Waals surface area contributed by atoms with Gasteiger partial charge < -0.3 is 0 Å². The molecule has 3 nitrogen and oxygen atoms in total. The van der Waals surface area contributed by atoms with Crippen molar-refractivity contribution in [2.45, 2.75) is 38.1 Å². The van der Waals surface area contributed by atoms with Crippen LogP contribution >= 0.6 is 0 Å². The Kier molecular flexibility index (Phi) is 3.57. The van der Waals surface area contributed by atoms with Crippen molar-refractivity contribution in [2.75, 3.05) is 0 Å². The van der Waals surface area contributed by atoms with Gasteiger partial charge in [-0.3, -0.25) is 10.2 Å². The normalized spacial score (nSPS) is 24.3. The van der Waals surface area contributed by atoms with Crippen LogP contribution in [0.3, 0.4) is 0 Å². The molecule has 3 heteroatoms. The van der Waals surface area contributed by atoms with Crippen LogP contribution in [0, 0.1) is 0 Å². The van der Waals surface area contributed by atoms with E-state index in [1.165, 1.54) is 25.3 Å². The summed E-state index contributed by atoms with van der Waals surface area (Å²) in [4.78, 5) is 10.9. The Morgan fingerprint density at radius 3 is 2.69 bits per heavy atom. The minimum Gasteiger partial charge on any atom is -0.292 e. The molecule has 2 atom stereocenters. The summed E-state index contributed by atoms with van der Waals surface area (Å²) in [5, 5.41) is 0. The molecule has 0 heterocycles. The van der Waals surface area contributed by atoms with Crippen LogP contribution in [0.5, 0.6) is 0 Å². The monoisotopic (exact) mass is 218 g/mol. The molecule has 1 aromatic rings. The first-order chi connectivity index (χ1) is 7.77. The first-order valence-corrected chi connectivity index (χ1v) is 5.84. The van der Waals surface area contributed by atoms with Gasteiger partial charge in [0, 0.05) is 18.9 Å². The van der Waals surface area contributed by atoms with E-state index in [2.05, 4.69) is 35.1 Å². The van der Waals surface area contributed by atoms with E-state index in [1.54, 1.807) is 0 Å². The largest absolute Gasteiger partial charge is 0.292 e. The van der Waals surface area contributed by atoms with E-state index >= 15 is 0 Å². The van der Waals surface area contributed by atoms with Crippen molar-refractivity contribution in [3.05, 3.63) is 35.9 Å². The lowest BCUT2D eigenvalue weighted by Gasteiger charge is -2.21. The summed E-state index contributed by atoms with van der Waals surface area (Å²) < 4.78 is 0. The highest BCUT2D eigenvalue weighted by molar-refractivity contribution is 5.72. The molecule has 1 amide bonds. The molecular weight excluding hydrogens is 200 g/mol. The van der Waals surface area contributed by atoms with Crippen molar-refractivity contribution in [2.24, 2.45) is 0 Å². The summed E-state index contributed by atoms with van der Waals surface area (Å²) in [7, 11) is 0. The van der Waals surface area contributed by atoms with Gasteiger partial charge >= 0.3 is 0 Å². The van der Waals surface area contributed by atoms with Gasteiger partial charge in [0.1, 0.15) is 0 Å². The maximum atomic E-state index is 10.9. The fourth-order valence-electron chi connectivity index (χ4n) is 2.43. The predicted molar refractivity (Wildman–Crippen MR) is 63.8 cm³/mol. The van der Waals surface area contributed by atoms with Crippen molar-refractivity contribution in [1.29, 1.82) is 0 Å².